The fraction of sp³-hybridized carbons (Fsp3) is 0.412. The van der Waals surface area contributed by atoms with Gasteiger partial charge in [-0.2, -0.15) is 0 Å². The number of carbonyl (C=O) groups excluding carboxylic acids is 1. The molecule has 1 amide bonds. The van der Waals surface area contributed by atoms with Crippen LogP contribution < -0.4 is 14.8 Å². The summed E-state index contributed by atoms with van der Waals surface area (Å²) < 4.78 is 13.2. The number of para-hydroxylation sites is 1. The molecule has 4 rings (SSSR count). The summed E-state index contributed by atoms with van der Waals surface area (Å²) in [5, 5.41) is 3.13. The number of fused-ring (bicyclic) bond motifs is 1. The van der Waals surface area contributed by atoms with Crippen LogP contribution in [0.25, 0.3) is 0 Å². The molecule has 0 radical (unpaired) electrons. The highest BCUT2D eigenvalue weighted by Crippen LogP contribution is 2.41. The second kappa shape index (κ2) is 5.61. The van der Waals surface area contributed by atoms with Crippen LogP contribution in [0.3, 0.4) is 0 Å². The van der Waals surface area contributed by atoms with Gasteiger partial charge < -0.3 is 19.4 Å². The Labute approximate surface area is 134 Å². The van der Waals surface area contributed by atoms with Crippen LogP contribution in [-0.4, -0.2) is 28.7 Å². The number of imidazole rings is 1. The summed E-state index contributed by atoms with van der Waals surface area (Å²) in [6.07, 6.45) is 5.89. The molecule has 2 heterocycles. The van der Waals surface area contributed by atoms with Gasteiger partial charge in [0.25, 0.3) is 5.91 Å². The van der Waals surface area contributed by atoms with Crippen molar-refractivity contribution in [1.29, 1.82) is 0 Å². The van der Waals surface area contributed by atoms with Crippen molar-refractivity contribution in [1.82, 2.24) is 14.9 Å². The van der Waals surface area contributed by atoms with Gasteiger partial charge in [-0.25, -0.2) is 4.98 Å². The first-order valence-electron chi connectivity index (χ1n) is 7.91. The van der Waals surface area contributed by atoms with Crippen LogP contribution in [0.5, 0.6) is 11.5 Å². The first-order valence-corrected chi connectivity index (χ1v) is 7.91. The van der Waals surface area contributed by atoms with Gasteiger partial charge in [-0.3, -0.25) is 4.79 Å². The van der Waals surface area contributed by atoms with E-state index in [0.717, 1.165) is 18.7 Å². The van der Waals surface area contributed by atoms with E-state index in [4.69, 9.17) is 9.47 Å². The van der Waals surface area contributed by atoms with Crippen LogP contribution in [-0.2, 0) is 7.05 Å². The summed E-state index contributed by atoms with van der Waals surface area (Å²) in [4.78, 5) is 17.2. The molecular weight excluding hydrogens is 294 g/mol. The lowest BCUT2D eigenvalue weighted by Crippen LogP contribution is -2.32. The smallest absolute Gasteiger partial charge is 0.255 e. The molecule has 6 nitrogen and oxygen atoms in total. The molecule has 0 bridgehead atoms. The van der Waals surface area contributed by atoms with Gasteiger partial charge in [0.15, 0.2) is 11.5 Å². The monoisotopic (exact) mass is 313 g/mol. The summed E-state index contributed by atoms with van der Waals surface area (Å²) in [5.41, 5.74) is 0.516. The number of nitrogens with zero attached hydrogens (tertiary/aromatic N) is 2. The Bertz CT molecular complexity index is 736. The molecule has 1 aliphatic heterocycles. The molecule has 120 valence electrons. The molecule has 0 saturated heterocycles. The molecule has 1 fully saturated rings. The highest BCUT2D eigenvalue weighted by atomic mass is 16.6. The molecule has 1 atom stereocenters. The van der Waals surface area contributed by atoms with Crippen molar-refractivity contribution in [3.63, 3.8) is 0 Å². The third-order valence-corrected chi connectivity index (χ3v) is 4.33. The van der Waals surface area contributed by atoms with Crippen LogP contribution in [0.1, 0.15) is 35.1 Å². The summed E-state index contributed by atoms with van der Waals surface area (Å²) in [5.74, 6) is 2.36. The van der Waals surface area contributed by atoms with Crippen molar-refractivity contribution in [3.05, 3.63) is 42.0 Å². The molecule has 2 aromatic rings. The number of amides is 1. The first kappa shape index (κ1) is 14.1. The van der Waals surface area contributed by atoms with Crippen molar-refractivity contribution in [3.8, 4) is 11.5 Å². The molecule has 1 aliphatic carbocycles. The number of aromatic nitrogens is 2. The summed E-state index contributed by atoms with van der Waals surface area (Å²) >= 11 is 0. The van der Waals surface area contributed by atoms with Crippen LogP contribution in [0.4, 0.5) is 0 Å². The molecule has 23 heavy (non-hydrogen) atoms. The van der Waals surface area contributed by atoms with Crippen molar-refractivity contribution in [2.24, 2.45) is 13.0 Å². The Morgan fingerprint density at radius 2 is 2.17 bits per heavy atom. The number of benzene rings is 1. The molecule has 1 aromatic carbocycles. The molecule has 0 spiro atoms. The topological polar surface area (TPSA) is 65.4 Å². The summed E-state index contributed by atoms with van der Waals surface area (Å²) in [6.45, 7) is 0.971. The third-order valence-electron chi connectivity index (χ3n) is 4.33. The van der Waals surface area contributed by atoms with Crippen LogP contribution in [0, 0.1) is 5.92 Å². The van der Waals surface area contributed by atoms with E-state index in [1.807, 2.05) is 29.9 Å². The SMILES string of the molecule is Cn1ccnc1[C@@H](NC(=O)c1cccc2c1OCCO2)C1CC1. The number of carbonyl (C=O) groups is 1. The van der Waals surface area contributed by atoms with Gasteiger partial charge >= 0.3 is 0 Å². The second-order valence-electron chi connectivity index (χ2n) is 6.01. The van der Waals surface area contributed by atoms with Crippen molar-refractivity contribution in [2.75, 3.05) is 13.2 Å². The summed E-state index contributed by atoms with van der Waals surface area (Å²) in [6, 6.07) is 5.34. The average Bonchev–Trinajstić information content (AvgIpc) is 3.33. The fourth-order valence-electron chi connectivity index (χ4n) is 2.97. The van der Waals surface area contributed by atoms with Gasteiger partial charge in [-0.15, -0.1) is 0 Å². The Hall–Kier alpha value is -2.50. The Kier molecular flexibility index (Phi) is 3.44. The van der Waals surface area contributed by atoms with Gasteiger partial charge in [-0.1, -0.05) is 6.07 Å². The Morgan fingerprint density at radius 3 is 2.91 bits per heavy atom. The van der Waals surface area contributed by atoms with E-state index in [2.05, 4.69) is 10.3 Å². The van der Waals surface area contributed by atoms with Crippen LogP contribution in [0.15, 0.2) is 30.6 Å². The fourth-order valence-corrected chi connectivity index (χ4v) is 2.97. The minimum atomic E-state index is -0.146. The van der Waals surface area contributed by atoms with E-state index in [1.54, 1.807) is 12.3 Å². The van der Waals surface area contributed by atoms with E-state index in [-0.39, 0.29) is 11.9 Å². The molecule has 6 heteroatoms. The lowest BCUT2D eigenvalue weighted by atomic mass is 10.1. The number of hydrogen-bond donors (Lipinski definition) is 1. The van der Waals surface area contributed by atoms with Crippen molar-refractivity contribution in [2.45, 2.75) is 18.9 Å². The highest BCUT2D eigenvalue weighted by molar-refractivity contribution is 5.98. The predicted octanol–water partition coefficient (Wildman–Crippen LogP) is 2.07. The molecule has 0 unspecified atom stereocenters. The van der Waals surface area contributed by atoms with Crippen LogP contribution >= 0.6 is 0 Å². The minimum Gasteiger partial charge on any atom is -0.486 e. The zero-order valence-electron chi connectivity index (χ0n) is 13.0. The van der Waals surface area contributed by atoms with Crippen LogP contribution in [0.2, 0.25) is 0 Å². The third kappa shape index (κ3) is 2.65. The number of ether oxygens (including phenoxy) is 2. The molecule has 2 aliphatic rings. The standard InChI is InChI=1S/C17H19N3O3/c1-20-8-7-18-16(20)14(11-5-6-11)19-17(21)12-3-2-4-13-15(12)23-10-9-22-13/h2-4,7-8,11,14H,5-6,9-10H2,1H3,(H,19,21)/t14-/m0/s1. The lowest BCUT2D eigenvalue weighted by molar-refractivity contribution is 0.0918. The van der Waals surface area contributed by atoms with Gasteiger partial charge in [0.05, 0.1) is 11.6 Å². The van der Waals surface area contributed by atoms with Gasteiger partial charge in [0.1, 0.15) is 19.0 Å². The number of rotatable bonds is 4. The number of nitrogens with one attached hydrogen (secondary N) is 1. The van der Waals surface area contributed by atoms with E-state index in [0.29, 0.717) is 36.2 Å². The normalized spacial score (nSPS) is 17.6. The maximum Gasteiger partial charge on any atom is 0.255 e. The largest absolute Gasteiger partial charge is 0.486 e. The van der Waals surface area contributed by atoms with Crippen molar-refractivity contribution < 1.29 is 14.3 Å². The molecule has 1 N–H and O–H groups in total. The zero-order valence-corrected chi connectivity index (χ0v) is 13.0. The minimum absolute atomic E-state index is 0.0668. The zero-order chi connectivity index (χ0) is 15.8. The number of hydrogen-bond acceptors (Lipinski definition) is 4. The number of aryl methyl sites for hydroxylation is 1. The van der Waals surface area contributed by atoms with Crippen molar-refractivity contribution >= 4 is 5.91 Å². The van der Waals surface area contributed by atoms with E-state index in [9.17, 15) is 4.79 Å². The maximum absolute atomic E-state index is 12.8. The first-order chi connectivity index (χ1) is 11.2. The van der Waals surface area contributed by atoms with Gasteiger partial charge in [-0.05, 0) is 30.9 Å². The van der Waals surface area contributed by atoms with Gasteiger partial charge in [0.2, 0.25) is 0 Å². The lowest BCUT2D eigenvalue weighted by Gasteiger charge is -2.22. The summed E-state index contributed by atoms with van der Waals surface area (Å²) in [7, 11) is 1.95. The Morgan fingerprint density at radius 1 is 1.35 bits per heavy atom. The van der Waals surface area contributed by atoms with E-state index >= 15 is 0 Å². The maximum atomic E-state index is 12.8. The quantitative estimate of drug-likeness (QED) is 0.938. The predicted molar refractivity (Wildman–Crippen MR) is 83.6 cm³/mol. The van der Waals surface area contributed by atoms with E-state index < -0.39 is 0 Å². The molecule has 1 aromatic heterocycles. The second-order valence-corrected chi connectivity index (χ2v) is 6.01. The van der Waals surface area contributed by atoms with E-state index in [1.165, 1.54) is 0 Å². The highest BCUT2D eigenvalue weighted by Gasteiger charge is 2.36. The molecule has 1 saturated carbocycles. The Balaban J connectivity index is 1.61. The van der Waals surface area contributed by atoms with Gasteiger partial charge in [0, 0.05) is 19.4 Å². The average molecular weight is 313 g/mol. The molecular formula is C17H19N3O3.